The van der Waals surface area contributed by atoms with Crippen molar-refractivity contribution in [1.82, 2.24) is 32.4 Å². The van der Waals surface area contributed by atoms with Crippen LogP contribution in [-0.4, -0.2) is 285 Å². The number of hydrogen-bond acceptors (Lipinski definition) is 26. The SMILES string of the molecule is COc1cc(C)c(S(=O)(=O)N(CCO)C2CC2)c(C)c1.COc1cc(C)c(S(=O)(=O)N(CCOCC(=O)N2CCC(O)(c3cccnc3)CC2)C2CC2)c(C)c1.COc1cc(C)c(S(=O)(=O)N(CCOCC(=O)O)C2CC2)c(C)c1.COc1cc(C)c(S(=O)(=O)N(CCOCC(=O)OC(C)(C)C)C2CC2)c(C)c1.NC1CC1.OCCBr.OCCNC1CC1. The first-order chi connectivity index (χ1) is 58.0. The third-order valence-electron chi connectivity index (χ3n) is 20.5. The predicted octanol–water partition coefficient (Wildman–Crippen LogP) is 8.45. The van der Waals surface area contributed by atoms with Crippen molar-refractivity contribution in [2.24, 2.45) is 5.73 Å². The Bertz CT molecular complexity index is 4590. The van der Waals surface area contributed by atoms with Gasteiger partial charge in [-0.1, -0.05) is 22.0 Å². The molecule has 8 N–H and O–H groups in total. The van der Waals surface area contributed by atoms with Gasteiger partial charge in [-0.2, -0.15) is 17.2 Å². The summed E-state index contributed by atoms with van der Waals surface area (Å²) in [5.74, 6) is 0.831. The lowest BCUT2D eigenvalue weighted by Gasteiger charge is -2.38. The number of halogens is 1. The van der Waals surface area contributed by atoms with E-state index in [-0.39, 0.29) is 114 Å². The van der Waals surface area contributed by atoms with E-state index in [0.29, 0.717) is 119 Å². The zero-order chi connectivity index (χ0) is 91.4. The summed E-state index contributed by atoms with van der Waals surface area (Å²) >= 11 is 3.00. The number of esters is 1. The molecule has 0 unspecified atom stereocenters. The van der Waals surface area contributed by atoms with Gasteiger partial charge in [0, 0.05) is 105 Å². The Labute approximate surface area is 737 Å². The summed E-state index contributed by atoms with van der Waals surface area (Å²) in [5, 5.41) is 48.6. The van der Waals surface area contributed by atoms with Crippen LogP contribution in [0.25, 0.3) is 0 Å². The Morgan fingerprint density at radius 1 is 0.512 bits per heavy atom. The van der Waals surface area contributed by atoms with Crippen LogP contribution in [0.3, 0.4) is 0 Å². The maximum atomic E-state index is 13.5. The molecule has 6 aliphatic carbocycles. The Morgan fingerprint density at radius 3 is 1.08 bits per heavy atom. The van der Waals surface area contributed by atoms with Crippen LogP contribution in [-0.2, 0) is 79.0 Å². The van der Waals surface area contributed by atoms with Gasteiger partial charge in [0.25, 0.3) is 0 Å². The number of aromatic nitrogens is 1. The molecule has 1 saturated heterocycles. The van der Waals surface area contributed by atoms with Crippen molar-refractivity contribution in [3.8, 4) is 23.0 Å². The lowest BCUT2D eigenvalue weighted by Crippen LogP contribution is -2.46. The first kappa shape index (κ1) is 105. The topological polar surface area (TPSA) is 430 Å². The number of likely N-dealkylation sites (tertiary alicyclic amines) is 1. The molecule has 5 aromatic rings. The zero-order valence-corrected chi connectivity index (χ0v) is 78.9. The number of pyridine rings is 1. The van der Waals surface area contributed by atoms with E-state index in [1.807, 2.05) is 6.07 Å². The molecule has 1 aliphatic heterocycles. The first-order valence-electron chi connectivity index (χ1n) is 41.7. The number of amides is 1. The molecule has 6 saturated carbocycles. The van der Waals surface area contributed by atoms with Gasteiger partial charge in [0.15, 0.2) is 0 Å². The number of nitrogens with two attached hydrogens (primary N) is 1. The molecule has 2 heterocycles. The number of methoxy groups -OCH3 is 4. The second-order valence-corrected chi connectivity index (χ2v) is 40.6. The van der Waals surface area contributed by atoms with E-state index in [0.717, 1.165) is 69.5 Å². The van der Waals surface area contributed by atoms with Crippen molar-refractivity contribution in [3.05, 3.63) is 123 Å². The second-order valence-electron chi connectivity index (χ2n) is 32.5. The van der Waals surface area contributed by atoms with Gasteiger partial charge in [0.1, 0.15) is 48.4 Å². The van der Waals surface area contributed by atoms with E-state index in [2.05, 4.69) is 26.2 Å². The number of ether oxygens (including phenoxy) is 8. The number of carboxylic acids is 1. The predicted molar refractivity (Wildman–Crippen MR) is 471 cm³/mol. The smallest absolute Gasteiger partial charge is 0.332 e. The molecule has 4 aromatic carbocycles. The fourth-order valence-electron chi connectivity index (χ4n) is 13.9. The molecule has 0 spiro atoms. The van der Waals surface area contributed by atoms with E-state index >= 15 is 0 Å². The number of nitrogens with zero attached hydrogens (tertiary/aromatic N) is 6. The molecule has 0 atom stereocenters. The number of alkyl halides is 1. The average molecular weight is 1870 g/mol. The molecule has 692 valence electrons. The molecule has 12 rings (SSSR count). The Balaban J connectivity index is 0.000000243. The van der Waals surface area contributed by atoms with E-state index in [1.165, 1.54) is 42.9 Å². The van der Waals surface area contributed by atoms with Crippen LogP contribution in [0.5, 0.6) is 23.0 Å². The molecule has 1 aromatic heterocycles. The highest BCUT2D eigenvalue weighted by molar-refractivity contribution is 9.09. The van der Waals surface area contributed by atoms with Crippen molar-refractivity contribution in [2.75, 3.05) is 139 Å². The number of aliphatic carboxylic acids is 1. The number of nitrogens with one attached hydrogen (secondary N) is 1. The highest BCUT2D eigenvalue weighted by atomic mass is 79.9. The number of carboxylic acid groups (broad SMARTS) is 1. The standard InChI is InChI=1S/C26H35N3O6S.C20H31NO6S.C16H23NO6S.C14H21NO4S.C5H11NO.C3H7N.C2H5BrO/c1-19-15-23(34-3)16-20(2)25(19)36(32,33)29(22-6-7-22)13-14-35-18-24(30)28-11-8-26(31,9-12-28)21-5-4-10-27-17-21;1-14-11-17(25-6)12-15(2)19(14)28(23,24)21(16-7-8-16)9-10-26-13-18(22)27-20(3,4)5;1-11-8-14(22-3)9-12(2)16(11)24(20,21)17(13-4-5-13)6-7-23-10-15(18)19;1-10-8-13(19-3)9-11(2)14(10)20(17,18)15(6-7-16)12-4-5-12;7-4-3-6-5-1-2-5;4-3-1-2-3;3-1-2-4/h4-5,10,15-17,22,31H,6-9,11-14,18H2,1-3H3;11-12,16H,7-10,13H2,1-6H3;8-9,13H,4-7,10H2,1-3H3,(H,18,19);8-9,12,16H,4-7H2,1-3H3;5-7H,1-4H2;3H,1-2,4H2;4H,1-2H2. The van der Waals surface area contributed by atoms with Crippen LogP contribution in [0.15, 0.2) is 92.6 Å². The average Bonchev–Trinajstić information content (AvgIpc) is 1.76. The minimum absolute atomic E-state index is 0.0176. The maximum absolute atomic E-state index is 13.5. The van der Waals surface area contributed by atoms with Crippen LogP contribution < -0.4 is 30.0 Å². The molecule has 0 radical (unpaired) electrons. The van der Waals surface area contributed by atoms with Crippen LogP contribution in [0, 0.1) is 55.4 Å². The number of aliphatic hydroxyl groups is 4. The van der Waals surface area contributed by atoms with E-state index in [4.69, 9.17) is 64.1 Å². The molecule has 37 heteroatoms. The highest BCUT2D eigenvalue weighted by Gasteiger charge is 2.44. The molecule has 1 amide bonds. The lowest BCUT2D eigenvalue weighted by molar-refractivity contribution is -0.160. The number of aryl methyl sites for hydroxylation is 8. The number of piperidine rings is 1. The number of hydrogen-bond donors (Lipinski definition) is 7. The van der Waals surface area contributed by atoms with Gasteiger partial charge in [-0.3, -0.25) is 9.78 Å². The molecule has 7 aliphatic rings. The molecule has 32 nitrogen and oxygen atoms in total. The summed E-state index contributed by atoms with van der Waals surface area (Å²) in [6, 6.07) is 18.7. The van der Waals surface area contributed by atoms with Crippen molar-refractivity contribution in [1.29, 1.82) is 0 Å². The van der Waals surface area contributed by atoms with E-state index in [9.17, 15) is 53.2 Å². The highest BCUT2D eigenvalue weighted by Crippen LogP contribution is 2.41. The monoisotopic (exact) mass is 1870 g/mol. The molecular weight excluding hydrogens is 1740 g/mol. The summed E-state index contributed by atoms with van der Waals surface area (Å²) in [4.78, 5) is 41.9. The minimum Gasteiger partial charge on any atom is -0.497 e. The van der Waals surface area contributed by atoms with Crippen LogP contribution in [0.2, 0.25) is 0 Å². The van der Waals surface area contributed by atoms with Crippen molar-refractivity contribution >= 4 is 73.9 Å². The van der Waals surface area contributed by atoms with Crippen molar-refractivity contribution in [2.45, 2.75) is 233 Å². The Morgan fingerprint density at radius 2 is 0.829 bits per heavy atom. The number of rotatable bonds is 38. The van der Waals surface area contributed by atoms with Gasteiger partial charge in [-0.05, 0) is 265 Å². The van der Waals surface area contributed by atoms with Gasteiger partial charge in [-0.15, -0.1) is 0 Å². The van der Waals surface area contributed by atoms with E-state index in [1.54, 1.807) is 176 Å². The lowest BCUT2D eigenvalue weighted by atomic mass is 9.85. The van der Waals surface area contributed by atoms with E-state index < -0.39 is 69.8 Å². The summed E-state index contributed by atoms with van der Waals surface area (Å²) in [6.45, 7) is 21.7. The largest absolute Gasteiger partial charge is 0.497 e. The summed E-state index contributed by atoms with van der Waals surface area (Å²) < 4.78 is 153. The minimum atomic E-state index is -3.72. The Kier molecular flexibility index (Phi) is 42.0. The molecular formula is C86H133BrN8O24S4. The number of carbonyl (C=O) groups is 3. The molecule has 123 heavy (non-hydrogen) atoms. The quantitative estimate of drug-likeness (QED) is 0.0111. The second kappa shape index (κ2) is 49.1. The molecule has 7 fully saturated rings. The first-order valence-corrected chi connectivity index (χ1v) is 48.6. The number of sulfonamides is 4. The van der Waals surface area contributed by atoms with Crippen molar-refractivity contribution < 1.29 is 111 Å². The molecule has 0 bridgehead atoms. The van der Waals surface area contributed by atoms with Gasteiger partial charge >= 0.3 is 11.9 Å². The number of benzene rings is 4. The van der Waals surface area contributed by atoms with Crippen molar-refractivity contribution in [3.63, 3.8) is 0 Å². The summed E-state index contributed by atoms with van der Waals surface area (Å²) in [7, 11) is -8.42. The number of aliphatic hydroxyl groups excluding tert-OH is 3. The Hall–Kier alpha value is -6.60. The van der Waals surface area contributed by atoms with Crippen LogP contribution in [0.4, 0.5) is 0 Å². The van der Waals surface area contributed by atoms with Crippen LogP contribution in [0.1, 0.15) is 161 Å². The summed E-state index contributed by atoms with van der Waals surface area (Å²) in [5.41, 5.74) is 9.61. The normalized spacial score (nSPS) is 16.3. The number of carbonyl (C=O) groups excluding carboxylic acids is 2. The summed E-state index contributed by atoms with van der Waals surface area (Å²) in [6.07, 6.45) is 16.0. The van der Waals surface area contributed by atoms with Gasteiger partial charge in [-0.25, -0.2) is 43.3 Å². The van der Waals surface area contributed by atoms with Gasteiger partial charge in [0.05, 0.1) is 93.3 Å². The van der Waals surface area contributed by atoms with Crippen LogP contribution >= 0.6 is 15.9 Å². The fraction of sp³-hybridized carbons (Fsp3) is 0.628. The van der Waals surface area contributed by atoms with Gasteiger partial charge < -0.3 is 79.4 Å². The fourth-order valence-corrected chi connectivity index (χ4v) is 22.2. The van der Waals surface area contributed by atoms with Gasteiger partial charge in [0.2, 0.25) is 46.0 Å². The third-order valence-corrected chi connectivity index (χ3v) is 29.9. The third kappa shape index (κ3) is 33.2. The zero-order valence-electron chi connectivity index (χ0n) is 74.1. The maximum Gasteiger partial charge on any atom is 0.332 e.